The molecule has 1 N–H and O–H groups in total. The van der Waals surface area contributed by atoms with Crippen molar-refractivity contribution in [1.82, 2.24) is 4.90 Å². The highest BCUT2D eigenvalue weighted by molar-refractivity contribution is 6.30. The van der Waals surface area contributed by atoms with Crippen LogP contribution in [0.15, 0.2) is 48.5 Å². The molecule has 1 heterocycles. The molecule has 27 heavy (non-hydrogen) atoms. The van der Waals surface area contributed by atoms with E-state index in [0.29, 0.717) is 10.0 Å². The van der Waals surface area contributed by atoms with E-state index < -0.39 is 0 Å². The van der Waals surface area contributed by atoms with Gasteiger partial charge in [0.1, 0.15) is 12.7 Å². The Hall–Kier alpha value is -1.59. The topological polar surface area (TPSA) is 49.8 Å². The average molecular weight is 408 g/mol. The van der Waals surface area contributed by atoms with Crippen LogP contribution in [0.5, 0.6) is 0 Å². The minimum absolute atomic E-state index is 0.0163. The van der Waals surface area contributed by atoms with E-state index in [4.69, 9.17) is 27.9 Å². The van der Waals surface area contributed by atoms with Gasteiger partial charge in [0.15, 0.2) is 0 Å². The predicted octanol–water partition coefficient (Wildman–Crippen LogP) is 4.80. The molecule has 1 amide bonds. The Morgan fingerprint density at radius 1 is 1.07 bits per heavy atom. The number of aliphatic hydroxyl groups excluding tert-OH is 1. The molecule has 0 aromatic heterocycles. The van der Waals surface area contributed by atoms with Gasteiger partial charge in [-0.05, 0) is 41.8 Å². The second kappa shape index (κ2) is 9.07. The zero-order chi connectivity index (χ0) is 19.4. The highest BCUT2D eigenvalue weighted by Crippen LogP contribution is 2.42. The molecule has 2 aromatic rings. The number of ether oxygens (including phenoxy) is 1. The zero-order valence-corrected chi connectivity index (χ0v) is 16.7. The number of morpholine rings is 1. The second-order valence-electron chi connectivity index (χ2n) is 6.71. The Bertz CT molecular complexity index is 764. The minimum Gasteiger partial charge on any atom is -0.394 e. The molecule has 2 aromatic carbocycles. The van der Waals surface area contributed by atoms with E-state index in [1.54, 1.807) is 17.0 Å². The van der Waals surface area contributed by atoms with Gasteiger partial charge in [-0.1, -0.05) is 60.8 Å². The molecular formula is C21H23Cl2NO3. The number of hydrogen-bond donors (Lipinski definition) is 1. The molecule has 6 heteroatoms. The van der Waals surface area contributed by atoms with Crippen LogP contribution in [0.3, 0.4) is 0 Å². The van der Waals surface area contributed by atoms with Gasteiger partial charge in [0.2, 0.25) is 5.91 Å². The zero-order valence-electron chi connectivity index (χ0n) is 15.1. The first kappa shape index (κ1) is 20.2. The number of hydrogen-bond acceptors (Lipinski definition) is 3. The maximum absolute atomic E-state index is 12.8. The molecule has 0 radical (unpaired) electrons. The maximum atomic E-state index is 12.8. The first-order chi connectivity index (χ1) is 13.0. The Morgan fingerprint density at radius 2 is 1.63 bits per heavy atom. The van der Waals surface area contributed by atoms with Crippen LogP contribution in [0, 0.1) is 0 Å². The lowest BCUT2D eigenvalue weighted by atomic mass is 9.91. The molecule has 0 aliphatic carbocycles. The lowest BCUT2D eigenvalue weighted by Crippen LogP contribution is -2.52. The van der Waals surface area contributed by atoms with Crippen molar-refractivity contribution in [3.8, 4) is 0 Å². The molecule has 144 valence electrons. The van der Waals surface area contributed by atoms with Crippen molar-refractivity contribution in [1.29, 1.82) is 0 Å². The summed E-state index contributed by atoms with van der Waals surface area (Å²) in [7, 11) is 0. The van der Waals surface area contributed by atoms with Crippen molar-refractivity contribution in [2.75, 3.05) is 13.2 Å². The number of carbonyl (C=O) groups excluding carboxylic acids is 1. The van der Waals surface area contributed by atoms with Gasteiger partial charge < -0.3 is 14.7 Å². The minimum atomic E-state index is -0.355. The smallest absolute Gasteiger partial charge is 0.249 e. The van der Waals surface area contributed by atoms with E-state index in [-0.39, 0.29) is 37.3 Å². The summed E-state index contributed by atoms with van der Waals surface area (Å²) in [5.41, 5.74) is 1.85. The third-order valence-electron chi connectivity index (χ3n) is 4.90. The molecule has 3 rings (SSSR count). The van der Waals surface area contributed by atoms with Crippen LogP contribution in [0.2, 0.25) is 10.0 Å². The Balaban J connectivity index is 2.07. The van der Waals surface area contributed by atoms with E-state index in [9.17, 15) is 9.90 Å². The molecule has 1 saturated heterocycles. The third kappa shape index (κ3) is 4.46. The van der Waals surface area contributed by atoms with Crippen LogP contribution in [-0.2, 0) is 9.53 Å². The summed E-state index contributed by atoms with van der Waals surface area (Å²) in [5, 5.41) is 11.2. The number of carbonyl (C=O) groups is 1. The van der Waals surface area contributed by atoms with Crippen LogP contribution in [-0.4, -0.2) is 35.2 Å². The molecule has 0 saturated carbocycles. The van der Waals surface area contributed by atoms with Gasteiger partial charge in [0, 0.05) is 10.0 Å². The van der Waals surface area contributed by atoms with Crippen LogP contribution >= 0.6 is 23.2 Å². The predicted molar refractivity (Wildman–Crippen MR) is 107 cm³/mol. The van der Waals surface area contributed by atoms with Crippen molar-refractivity contribution in [2.45, 2.75) is 38.0 Å². The van der Waals surface area contributed by atoms with E-state index in [1.165, 1.54) is 0 Å². The van der Waals surface area contributed by atoms with Gasteiger partial charge >= 0.3 is 0 Å². The van der Waals surface area contributed by atoms with Gasteiger partial charge in [-0.15, -0.1) is 0 Å². The molecule has 0 unspecified atom stereocenters. The molecule has 0 bridgehead atoms. The van der Waals surface area contributed by atoms with E-state index in [1.807, 2.05) is 43.3 Å². The van der Waals surface area contributed by atoms with Crippen molar-refractivity contribution in [2.24, 2.45) is 0 Å². The summed E-state index contributed by atoms with van der Waals surface area (Å²) >= 11 is 12.1. The van der Waals surface area contributed by atoms with Crippen LogP contribution in [0.1, 0.15) is 43.0 Å². The number of nitrogens with zero attached hydrogens (tertiary/aromatic N) is 1. The van der Waals surface area contributed by atoms with Gasteiger partial charge in [-0.3, -0.25) is 4.79 Å². The monoisotopic (exact) mass is 407 g/mol. The summed E-state index contributed by atoms with van der Waals surface area (Å²) in [5.74, 6) is -0.118. The van der Waals surface area contributed by atoms with Gasteiger partial charge in [0.25, 0.3) is 0 Å². The fraction of sp³-hybridized carbons (Fsp3) is 0.381. The normalized spacial score (nSPS) is 21.3. The van der Waals surface area contributed by atoms with Crippen LogP contribution < -0.4 is 0 Å². The summed E-state index contributed by atoms with van der Waals surface area (Å²) in [6, 6.07) is 14.3. The molecule has 1 fully saturated rings. The number of rotatable bonds is 6. The quantitative estimate of drug-likeness (QED) is 0.748. The number of aliphatic hydroxyl groups is 1. The largest absolute Gasteiger partial charge is 0.394 e. The average Bonchev–Trinajstić information content (AvgIpc) is 2.68. The van der Waals surface area contributed by atoms with E-state index in [0.717, 1.165) is 24.0 Å². The lowest BCUT2D eigenvalue weighted by Gasteiger charge is -2.45. The number of benzene rings is 2. The van der Waals surface area contributed by atoms with Gasteiger partial charge in [0.05, 0.1) is 18.7 Å². The summed E-state index contributed by atoms with van der Waals surface area (Å²) in [6.07, 6.45) is 1.24. The highest BCUT2D eigenvalue weighted by Gasteiger charge is 2.41. The Labute approximate surface area is 169 Å². The molecule has 4 nitrogen and oxygen atoms in total. The molecular weight excluding hydrogens is 385 g/mol. The fourth-order valence-electron chi connectivity index (χ4n) is 3.64. The maximum Gasteiger partial charge on any atom is 0.249 e. The van der Waals surface area contributed by atoms with Gasteiger partial charge in [-0.2, -0.15) is 0 Å². The standard InChI is InChI=1S/C21H23Cl2NO3/c1-2-3-18(12-25)24-19(26)13-27-21(15-6-10-17(23)11-7-15)20(24)14-4-8-16(22)9-5-14/h4-11,18,20-21,25H,2-3,12-13H2,1H3/t18-,20-,21+/m0/s1. The van der Waals surface area contributed by atoms with Crippen molar-refractivity contribution in [3.63, 3.8) is 0 Å². The number of halogens is 2. The second-order valence-corrected chi connectivity index (χ2v) is 7.58. The van der Waals surface area contributed by atoms with E-state index >= 15 is 0 Å². The van der Waals surface area contributed by atoms with Crippen molar-refractivity contribution >= 4 is 29.1 Å². The van der Waals surface area contributed by atoms with Crippen molar-refractivity contribution < 1.29 is 14.6 Å². The van der Waals surface area contributed by atoms with E-state index in [2.05, 4.69) is 0 Å². The SMILES string of the molecule is CCC[C@@H](CO)N1C(=O)CO[C@H](c2ccc(Cl)cc2)[C@@H]1c1ccc(Cl)cc1. The van der Waals surface area contributed by atoms with Crippen molar-refractivity contribution in [3.05, 3.63) is 69.7 Å². The Kier molecular flexibility index (Phi) is 6.77. The molecule has 1 aliphatic heterocycles. The summed E-state index contributed by atoms with van der Waals surface area (Å²) in [4.78, 5) is 14.6. The number of amides is 1. The molecule has 1 aliphatic rings. The van der Waals surface area contributed by atoms with Gasteiger partial charge in [-0.25, -0.2) is 0 Å². The lowest BCUT2D eigenvalue weighted by molar-refractivity contribution is -0.165. The first-order valence-electron chi connectivity index (χ1n) is 9.09. The molecule has 3 atom stereocenters. The van der Waals surface area contributed by atoms with Crippen LogP contribution in [0.25, 0.3) is 0 Å². The summed E-state index contributed by atoms with van der Waals surface area (Å²) in [6.45, 7) is 1.94. The first-order valence-corrected chi connectivity index (χ1v) is 9.85. The fourth-order valence-corrected chi connectivity index (χ4v) is 3.89. The Morgan fingerprint density at radius 3 is 2.15 bits per heavy atom. The third-order valence-corrected chi connectivity index (χ3v) is 5.40. The summed E-state index contributed by atoms with van der Waals surface area (Å²) < 4.78 is 5.97. The van der Waals surface area contributed by atoms with Crippen LogP contribution in [0.4, 0.5) is 0 Å². The molecule has 0 spiro atoms. The highest BCUT2D eigenvalue weighted by atomic mass is 35.5.